The molecule has 134 valence electrons. The van der Waals surface area contributed by atoms with Crippen molar-refractivity contribution in [3.63, 3.8) is 0 Å². The molecule has 0 amide bonds. The van der Waals surface area contributed by atoms with Crippen LogP contribution in [-0.2, 0) is 22.5 Å². The standard InChI is InChI=1S/C22H17NO4/c24-21(26-14-18-8-4-5-11-23-18)16-9-10-19-17(12-16)13-20(27-22(19)25)15-6-2-1-3-7-15/h1-12,20H,13-14H2/t20-/m0/s1. The van der Waals surface area contributed by atoms with E-state index in [-0.39, 0.29) is 18.7 Å². The molecule has 1 atom stereocenters. The Morgan fingerprint density at radius 2 is 1.89 bits per heavy atom. The van der Waals surface area contributed by atoms with Gasteiger partial charge in [-0.3, -0.25) is 4.98 Å². The summed E-state index contributed by atoms with van der Waals surface area (Å²) in [6.07, 6.45) is 1.81. The van der Waals surface area contributed by atoms with Crippen molar-refractivity contribution >= 4 is 11.9 Å². The lowest BCUT2D eigenvalue weighted by Gasteiger charge is -2.25. The highest BCUT2D eigenvalue weighted by Crippen LogP contribution is 2.31. The van der Waals surface area contributed by atoms with E-state index in [4.69, 9.17) is 9.47 Å². The molecule has 0 unspecified atom stereocenters. The average Bonchev–Trinajstić information content (AvgIpc) is 2.73. The van der Waals surface area contributed by atoms with Crippen LogP contribution in [0.25, 0.3) is 0 Å². The topological polar surface area (TPSA) is 65.5 Å². The summed E-state index contributed by atoms with van der Waals surface area (Å²) < 4.78 is 10.9. The van der Waals surface area contributed by atoms with Crippen LogP contribution in [0, 0.1) is 0 Å². The fourth-order valence-electron chi connectivity index (χ4n) is 3.08. The van der Waals surface area contributed by atoms with Gasteiger partial charge in [0.2, 0.25) is 0 Å². The van der Waals surface area contributed by atoms with E-state index < -0.39 is 5.97 Å². The molecule has 5 nitrogen and oxygen atoms in total. The molecule has 3 aromatic rings. The second-order valence-corrected chi connectivity index (χ2v) is 6.28. The van der Waals surface area contributed by atoms with Gasteiger partial charge < -0.3 is 9.47 Å². The first-order valence-corrected chi connectivity index (χ1v) is 8.66. The van der Waals surface area contributed by atoms with E-state index in [1.165, 1.54) is 0 Å². The van der Waals surface area contributed by atoms with Gasteiger partial charge in [0, 0.05) is 12.6 Å². The lowest BCUT2D eigenvalue weighted by Crippen LogP contribution is -2.22. The number of benzene rings is 2. The highest BCUT2D eigenvalue weighted by molar-refractivity contribution is 5.95. The van der Waals surface area contributed by atoms with Gasteiger partial charge in [0.05, 0.1) is 16.8 Å². The maximum Gasteiger partial charge on any atom is 0.339 e. The Kier molecular flexibility index (Phi) is 4.66. The third kappa shape index (κ3) is 3.72. The van der Waals surface area contributed by atoms with Gasteiger partial charge in [0.25, 0.3) is 0 Å². The molecule has 1 aromatic heterocycles. The number of cyclic esters (lactones) is 1. The Morgan fingerprint density at radius 3 is 2.67 bits per heavy atom. The van der Waals surface area contributed by atoms with Gasteiger partial charge in [-0.15, -0.1) is 0 Å². The first kappa shape index (κ1) is 17.0. The van der Waals surface area contributed by atoms with Crippen molar-refractivity contribution in [1.29, 1.82) is 0 Å². The molecule has 27 heavy (non-hydrogen) atoms. The van der Waals surface area contributed by atoms with Crippen molar-refractivity contribution < 1.29 is 19.1 Å². The van der Waals surface area contributed by atoms with Crippen LogP contribution in [0.2, 0.25) is 0 Å². The van der Waals surface area contributed by atoms with Crippen molar-refractivity contribution in [2.24, 2.45) is 0 Å². The van der Waals surface area contributed by atoms with Crippen LogP contribution in [0.4, 0.5) is 0 Å². The van der Waals surface area contributed by atoms with Gasteiger partial charge in [-0.1, -0.05) is 36.4 Å². The lowest BCUT2D eigenvalue weighted by molar-refractivity contribution is 0.0251. The van der Waals surface area contributed by atoms with Gasteiger partial charge in [0.1, 0.15) is 12.7 Å². The number of ether oxygens (including phenoxy) is 2. The first-order valence-electron chi connectivity index (χ1n) is 8.66. The molecular formula is C22H17NO4. The predicted octanol–water partition coefficient (Wildman–Crippen LogP) is 3.89. The van der Waals surface area contributed by atoms with Crippen molar-refractivity contribution in [1.82, 2.24) is 4.98 Å². The van der Waals surface area contributed by atoms with Crippen molar-refractivity contribution in [3.05, 3.63) is 101 Å². The predicted molar refractivity (Wildman–Crippen MR) is 98.1 cm³/mol. The molecule has 0 N–H and O–H groups in total. The van der Waals surface area contributed by atoms with E-state index in [1.54, 1.807) is 36.5 Å². The average molecular weight is 359 g/mol. The van der Waals surface area contributed by atoms with Crippen LogP contribution >= 0.6 is 0 Å². The monoisotopic (exact) mass is 359 g/mol. The number of hydrogen-bond donors (Lipinski definition) is 0. The summed E-state index contributed by atoms with van der Waals surface area (Å²) in [7, 11) is 0. The molecule has 0 saturated heterocycles. The smallest absolute Gasteiger partial charge is 0.339 e. The maximum absolute atomic E-state index is 12.4. The fraction of sp³-hybridized carbons (Fsp3) is 0.136. The summed E-state index contributed by atoms with van der Waals surface area (Å²) in [5.74, 6) is -0.822. The van der Waals surface area contributed by atoms with E-state index in [0.717, 1.165) is 11.1 Å². The number of esters is 2. The normalized spacial score (nSPS) is 15.6. The second-order valence-electron chi connectivity index (χ2n) is 6.28. The number of aromatic nitrogens is 1. The van der Waals surface area contributed by atoms with Crippen LogP contribution in [-0.4, -0.2) is 16.9 Å². The Balaban J connectivity index is 1.52. The highest BCUT2D eigenvalue weighted by atomic mass is 16.5. The maximum atomic E-state index is 12.4. The van der Waals surface area contributed by atoms with Gasteiger partial charge in [-0.25, -0.2) is 9.59 Å². The van der Waals surface area contributed by atoms with Gasteiger partial charge >= 0.3 is 11.9 Å². The zero-order valence-electron chi connectivity index (χ0n) is 14.5. The van der Waals surface area contributed by atoms with Crippen molar-refractivity contribution in [2.75, 3.05) is 0 Å². The Labute approximate surface area is 156 Å². The summed E-state index contributed by atoms with van der Waals surface area (Å²) in [6.45, 7) is 0.103. The van der Waals surface area contributed by atoms with E-state index in [2.05, 4.69) is 4.98 Å². The quantitative estimate of drug-likeness (QED) is 0.661. The molecule has 2 heterocycles. The van der Waals surface area contributed by atoms with E-state index in [0.29, 0.717) is 23.2 Å². The number of carbonyl (C=O) groups is 2. The first-order chi connectivity index (χ1) is 13.2. The molecule has 0 saturated carbocycles. The van der Waals surface area contributed by atoms with Crippen LogP contribution in [0.3, 0.4) is 0 Å². The van der Waals surface area contributed by atoms with Crippen LogP contribution in [0.5, 0.6) is 0 Å². The summed E-state index contributed by atoms with van der Waals surface area (Å²) in [4.78, 5) is 28.8. The van der Waals surface area contributed by atoms with Gasteiger partial charge in [0.15, 0.2) is 0 Å². The second kappa shape index (κ2) is 7.41. The molecule has 0 aliphatic carbocycles. The lowest BCUT2D eigenvalue weighted by atomic mass is 9.93. The largest absolute Gasteiger partial charge is 0.456 e. The van der Waals surface area contributed by atoms with Crippen LogP contribution in [0.1, 0.15) is 43.6 Å². The summed E-state index contributed by atoms with van der Waals surface area (Å²) >= 11 is 0. The van der Waals surface area contributed by atoms with Gasteiger partial charge in [-0.05, 0) is 41.5 Å². The molecule has 1 aliphatic rings. The van der Waals surface area contributed by atoms with Crippen LogP contribution in [0.15, 0.2) is 72.9 Å². The summed E-state index contributed by atoms with van der Waals surface area (Å²) in [6, 6.07) is 19.9. The van der Waals surface area contributed by atoms with E-state index in [9.17, 15) is 9.59 Å². The van der Waals surface area contributed by atoms with Gasteiger partial charge in [-0.2, -0.15) is 0 Å². The molecule has 0 radical (unpaired) electrons. The van der Waals surface area contributed by atoms with Crippen molar-refractivity contribution in [2.45, 2.75) is 19.1 Å². The summed E-state index contributed by atoms with van der Waals surface area (Å²) in [5, 5.41) is 0. The third-order valence-electron chi connectivity index (χ3n) is 4.46. The SMILES string of the molecule is O=C(OCc1ccccn1)c1ccc2c(c1)C[C@@H](c1ccccc1)OC2=O. The number of fused-ring (bicyclic) bond motifs is 1. The molecule has 2 aromatic carbocycles. The van der Waals surface area contributed by atoms with E-state index in [1.807, 2.05) is 36.4 Å². The minimum atomic E-state index is -0.446. The minimum absolute atomic E-state index is 0.103. The Morgan fingerprint density at radius 1 is 1.07 bits per heavy atom. The number of nitrogens with zero attached hydrogens (tertiary/aromatic N) is 1. The summed E-state index contributed by atoms with van der Waals surface area (Å²) in [5.41, 5.74) is 3.29. The molecule has 5 heteroatoms. The number of carbonyl (C=O) groups excluding carboxylic acids is 2. The van der Waals surface area contributed by atoms with E-state index >= 15 is 0 Å². The number of rotatable bonds is 4. The molecule has 1 aliphatic heterocycles. The number of pyridine rings is 1. The zero-order chi connectivity index (χ0) is 18.6. The molecule has 4 rings (SSSR count). The van der Waals surface area contributed by atoms with Crippen LogP contribution < -0.4 is 0 Å². The molecule has 0 bridgehead atoms. The molecular weight excluding hydrogens is 342 g/mol. The molecule has 0 spiro atoms. The fourth-order valence-corrected chi connectivity index (χ4v) is 3.08. The Hall–Kier alpha value is -3.47. The van der Waals surface area contributed by atoms with Crippen molar-refractivity contribution in [3.8, 4) is 0 Å². The zero-order valence-corrected chi connectivity index (χ0v) is 14.5. The highest BCUT2D eigenvalue weighted by Gasteiger charge is 2.28. The Bertz CT molecular complexity index is 970. The minimum Gasteiger partial charge on any atom is -0.456 e. The molecule has 0 fully saturated rings. The third-order valence-corrected chi connectivity index (χ3v) is 4.46. The number of hydrogen-bond acceptors (Lipinski definition) is 5.